The van der Waals surface area contributed by atoms with Gasteiger partial charge in [0, 0.05) is 6.54 Å². The Bertz CT molecular complexity index is 653. The van der Waals surface area contributed by atoms with Gasteiger partial charge in [0.05, 0.1) is 11.0 Å². The number of hydrogen-bond acceptors (Lipinski definition) is 1. The largest absolute Gasteiger partial charge is 0.328 e. The molecule has 2 heteroatoms. The van der Waals surface area contributed by atoms with Gasteiger partial charge in [-0.1, -0.05) is 42.5 Å². The monoisotopic (exact) mass is 236 g/mol. The van der Waals surface area contributed by atoms with E-state index >= 15 is 0 Å². The number of nitrogens with zero attached hydrogens (tertiary/aromatic N) is 2. The summed E-state index contributed by atoms with van der Waals surface area (Å²) in [6.07, 6.45) is 1.04. The van der Waals surface area contributed by atoms with Gasteiger partial charge in [0.1, 0.15) is 5.82 Å². The van der Waals surface area contributed by atoms with Crippen molar-refractivity contribution in [3.63, 3.8) is 0 Å². The number of benzene rings is 2. The molecule has 0 atom stereocenters. The van der Waals surface area contributed by atoms with Crippen molar-refractivity contribution < 1.29 is 0 Å². The lowest BCUT2D eigenvalue weighted by molar-refractivity contribution is 0.692. The average molecular weight is 236 g/mol. The molecule has 0 radical (unpaired) electrons. The molecule has 0 bridgehead atoms. The smallest absolute Gasteiger partial charge is 0.106 e. The van der Waals surface area contributed by atoms with Crippen LogP contribution in [0.1, 0.15) is 11.4 Å². The third kappa shape index (κ3) is 2.02. The molecule has 3 aromatic rings. The van der Waals surface area contributed by atoms with Crippen LogP contribution in [0.5, 0.6) is 0 Å². The molecular weight excluding hydrogens is 220 g/mol. The lowest BCUT2D eigenvalue weighted by Gasteiger charge is -2.06. The molecular formula is C16H16N2. The molecule has 0 fully saturated rings. The van der Waals surface area contributed by atoms with Crippen molar-refractivity contribution in [2.24, 2.45) is 0 Å². The highest BCUT2D eigenvalue weighted by Gasteiger charge is 2.05. The molecule has 0 saturated heterocycles. The lowest BCUT2D eigenvalue weighted by Crippen LogP contribution is -2.03. The third-order valence-electron chi connectivity index (χ3n) is 3.31. The predicted molar refractivity (Wildman–Crippen MR) is 74.6 cm³/mol. The van der Waals surface area contributed by atoms with E-state index in [9.17, 15) is 0 Å². The molecule has 2 aromatic carbocycles. The molecule has 3 rings (SSSR count). The van der Waals surface area contributed by atoms with Crippen LogP contribution in [0.4, 0.5) is 0 Å². The maximum Gasteiger partial charge on any atom is 0.106 e. The Hall–Kier alpha value is -2.09. The maximum absolute atomic E-state index is 4.59. The van der Waals surface area contributed by atoms with Crippen LogP contribution in [-0.2, 0) is 13.0 Å². The van der Waals surface area contributed by atoms with Gasteiger partial charge in [-0.05, 0) is 31.0 Å². The van der Waals surface area contributed by atoms with Gasteiger partial charge in [-0.15, -0.1) is 0 Å². The van der Waals surface area contributed by atoms with Crippen LogP contribution in [0, 0.1) is 6.92 Å². The van der Waals surface area contributed by atoms with E-state index in [1.807, 2.05) is 6.07 Å². The number of para-hydroxylation sites is 2. The number of aromatic nitrogens is 2. The van der Waals surface area contributed by atoms with Crippen LogP contribution in [0.15, 0.2) is 54.6 Å². The van der Waals surface area contributed by atoms with Gasteiger partial charge in [0.2, 0.25) is 0 Å². The van der Waals surface area contributed by atoms with Crippen LogP contribution in [0.25, 0.3) is 11.0 Å². The van der Waals surface area contributed by atoms with E-state index in [1.165, 1.54) is 11.1 Å². The first kappa shape index (κ1) is 11.0. The minimum absolute atomic E-state index is 0.982. The lowest BCUT2D eigenvalue weighted by atomic mass is 10.1. The van der Waals surface area contributed by atoms with Crippen LogP contribution in [-0.4, -0.2) is 9.55 Å². The minimum Gasteiger partial charge on any atom is -0.328 e. The predicted octanol–water partition coefficient (Wildman–Crippen LogP) is 3.59. The fraction of sp³-hybridized carbons (Fsp3) is 0.188. The highest BCUT2D eigenvalue weighted by atomic mass is 15.1. The zero-order chi connectivity index (χ0) is 12.4. The standard InChI is InChI=1S/C16H16N2/c1-13-17-15-9-5-6-10-16(15)18(13)12-11-14-7-3-2-4-8-14/h2-10H,11-12H2,1H3. The summed E-state index contributed by atoms with van der Waals surface area (Å²) in [5.41, 5.74) is 3.68. The third-order valence-corrected chi connectivity index (χ3v) is 3.31. The molecule has 0 saturated carbocycles. The molecule has 0 aliphatic rings. The summed E-state index contributed by atoms with van der Waals surface area (Å²) in [5.74, 6) is 1.09. The van der Waals surface area contributed by atoms with Gasteiger partial charge in [-0.25, -0.2) is 4.98 Å². The molecule has 0 aliphatic carbocycles. The zero-order valence-electron chi connectivity index (χ0n) is 10.5. The van der Waals surface area contributed by atoms with Gasteiger partial charge in [-0.2, -0.15) is 0 Å². The second kappa shape index (κ2) is 4.65. The van der Waals surface area contributed by atoms with Gasteiger partial charge < -0.3 is 4.57 Å². The molecule has 0 unspecified atom stereocenters. The number of hydrogen-bond donors (Lipinski definition) is 0. The summed E-state index contributed by atoms with van der Waals surface area (Å²) >= 11 is 0. The summed E-state index contributed by atoms with van der Waals surface area (Å²) in [6.45, 7) is 3.06. The SMILES string of the molecule is Cc1nc2ccccc2n1CCc1ccccc1. The van der Waals surface area contributed by atoms with Crippen LogP contribution >= 0.6 is 0 Å². The average Bonchev–Trinajstić information content (AvgIpc) is 2.73. The van der Waals surface area contributed by atoms with Gasteiger partial charge in [0.25, 0.3) is 0 Å². The van der Waals surface area contributed by atoms with Gasteiger partial charge >= 0.3 is 0 Å². The summed E-state index contributed by atoms with van der Waals surface area (Å²) in [4.78, 5) is 4.59. The van der Waals surface area contributed by atoms with Crippen molar-refractivity contribution in [3.05, 3.63) is 66.0 Å². The molecule has 2 nitrogen and oxygen atoms in total. The second-order valence-corrected chi connectivity index (χ2v) is 4.53. The number of fused-ring (bicyclic) bond motifs is 1. The summed E-state index contributed by atoms with van der Waals surface area (Å²) in [5, 5.41) is 0. The Kier molecular flexibility index (Phi) is 2.85. The van der Waals surface area contributed by atoms with E-state index in [-0.39, 0.29) is 0 Å². The van der Waals surface area contributed by atoms with Crippen LogP contribution in [0.3, 0.4) is 0 Å². The molecule has 90 valence electrons. The van der Waals surface area contributed by atoms with Crippen molar-refractivity contribution in [3.8, 4) is 0 Å². The van der Waals surface area contributed by atoms with E-state index in [4.69, 9.17) is 0 Å². The highest BCUT2D eigenvalue weighted by Crippen LogP contribution is 2.16. The Morgan fingerprint density at radius 2 is 1.67 bits per heavy atom. The quantitative estimate of drug-likeness (QED) is 0.679. The summed E-state index contributed by atoms with van der Waals surface area (Å²) in [7, 11) is 0. The molecule has 0 spiro atoms. The Morgan fingerprint density at radius 1 is 0.944 bits per heavy atom. The molecule has 18 heavy (non-hydrogen) atoms. The molecule has 1 aromatic heterocycles. The van der Waals surface area contributed by atoms with Crippen molar-refractivity contribution in [2.75, 3.05) is 0 Å². The molecule has 1 heterocycles. The van der Waals surface area contributed by atoms with E-state index in [1.54, 1.807) is 0 Å². The fourth-order valence-electron chi connectivity index (χ4n) is 2.36. The fourth-order valence-corrected chi connectivity index (χ4v) is 2.36. The first-order valence-corrected chi connectivity index (χ1v) is 6.30. The molecule has 0 amide bonds. The second-order valence-electron chi connectivity index (χ2n) is 4.53. The topological polar surface area (TPSA) is 17.8 Å². The summed E-state index contributed by atoms with van der Waals surface area (Å²) in [6, 6.07) is 18.9. The Balaban J connectivity index is 1.89. The summed E-state index contributed by atoms with van der Waals surface area (Å²) < 4.78 is 2.29. The Morgan fingerprint density at radius 3 is 2.50 bits per heavy atom. The normalized spacial score (nSPS) is 10.9. The van der Waals surface area contributed by atoms with Gasteiger partial charge in [0.15, 0.2) is 0 Å². The number of aryl methyl sites for hydroxylation is 3. The maximum atomic E-state index is 4.59. The molecule has 0 N–H and O–H groups in total. The van der Waals surface area contributed by atoms with Crippen LogP contribution < -0.4 is 0 Å². The first-order chi connectivity index (χ1) is 8.84. The zero-order valence-corrected chi connectivity index (χ0v) is 10.5. The minimum atomic E-state index is 0.982. The first-order valence-electron chi connectivity index (χ1n) is 6.30. The van der Waals surface area contributed by atoms with Crippen LogP contribution in [0.2, 0.25) is 0 Å². The van der Waals surface area contributed by atoms with Crippen molar-refractivity contribution in [2.45, 2.75) is 19.9 Å². The number of imidazole rings is 1. The van der Waals surface area contributed by atoms with E-state index in [0.717, 1.165) is 24.3 Å². The van der Waals surface area contributed by atoms with Crippen molar-refractivity contribution in [1.82, 2.24) is 9.55 Å². The highest BCUT2D eigenvalue weighted by molar-refractivity contribution is 5.75. The van der Waals surface area contributed by atoms with Crippen molar-refractivity contribution in [1.29, 1.82) is 0 Å². The Labute approximate surface area is 107 Å². The molecule has 0 aliphatic heterocycles. The van der Waals surface area contributed by atoms with Crippen molar-refractivity contribution >= 4 is 11.0 Å². The van der Waals surface area contributed by atoms with E-state index in [0.29, 0.717) is 0 Å². The van der Waals surface area contributed by atoms with Gasteiger partial charge in [-0.3, -0.25) is 0 Å². The van der Waals surface area contributed by atoms with E-state index < -0.39 is 0 Å². The number of rotatable bonds is 3. The van der Waals surface area contributed by atoms with E-state index in [2.05, 4.69) is 65.0 Å².